The second-order valence-corrected chi connectivity index (χ2v) is 5.38. The minimum Gasteiger partial charge on any atom is -0.484 e. The maximum atomic E-state index is 12.3. The maximum absolute atomic E-state index is 12.3. The summed E-state index contributed by atoms with van der Waals surface area (Å²) in [5, 5.41) is 0. The van der Waals surface area contributed by atoms with Gasteiger partial charge in [0.05, 0.1) is 0 Å². The number of piperidine rings is 1. The second-order valence-electron chi connectivity index (χ2n) is 5.38. The third-order valence-electron chi connectivity index (χ3n) is 4.10. The number of carbonyl (C=O) groups excluding carboxylic acids is 1. The summed E-state index contributed by atoms with van der Waals surface area (Å²) in [7, 11) is 0. The molecule has 1 saturated heterocycles. The predicted octanol–water partition coefficient (Wildman–Crippen LogP) is 2.04. The number of nitrogens with zero attached hydrogens (tertiary/aromatic N) is 1. The molecule has 4 nitrogen and oxygen atoms in total. The van der Waals surface area contributed by atoms with Crippen LogP contribution in [0.2, 0.25) is 0 Å². The zero-order chi connectivity index (χ0) is 14.4. The molecule has 4 heteroatoms. The lowest BCUT2D eigenvalue weighted by Gasteiger charge is -2.38. The lowest BCUT2D eigenvalue weighted by atomic mass is 9.89. The van der Waals surface area contributed by atoms with Gasteiger partial charge in [0, 0.05) is 19.1 Å². The van der Waals surface area contributed by atoms with E-state index in [4.69, 9.17) is 10.5 Å². The molecular formula is C16H24N2O2. The van der Waals surface area contributed by atoms with Gasteiger partial charge in [-0.2, -0.15) is 0 Å². The van der Waals surface area contributed by atoms with Crippen molar-refractivity contribution in [3.05, 3.63) is 30.3 Å². The maximum Gasteiger partial charge on any atom is 0.260 e. The molecule has 1 aliphatic rings. The molecule has 1 fully saturated rings. The number of likely N-dealkylation sites (tertiary alicyclic amines) is 1. The summed E-state index contributed by atoms with van der Waals surface area (Å²) in [4.78, 5) is 14.2. The molecule has 1 amide bonds. The van der Waals surface area contributed by atoms with Gasteiger partial charge >= 0.3 is 0 Å². The van der Waals surface area contributed by atoms with Crippen LogP contribution in [0.1, 0.15) is 26.2 Å². The van der Waals surface area contributed by atoms with E-state index in [2.05, 4.69) is 6.92 Å². The highest BCUT2D eigenvalue weighted by Crippen LogP contribution is 2.25. The number of carbonyl (C=O) groups is 1. The molecule has 2 N–H and O–H groups in total. The molecule has 0 aliphatic carbocycles. The number of hydrogen-bond acceptors (Lipinski definition) is 3. The molecule has 110 valence electrons. The SMILES string of the molecule is CCC1CCN(C(=O)COc2ccccc2)C(CN)C1. The summed E-state index contributed by atoms with van der Waals surface area (Å²) in [5.41, 5.74) is 5.82. The number of hydrogen-bond donors (Lipinski definition) is 1. The Morgan fingerprint density at radius 3 is 2.80 bits per heavy atom. The first-order valence-electron chi connectivity index (χ1n) is 7.42. The Hall–Kier alpha value is -1.55. The van der Waals surface area contributed by atoms with Gasteiger partial charge in [0.1, 0.15) is 5.75 Å². The third-order valence-corrected chi connectivity index (χ3v) is 4.10. The smallest absolute Gasteiger partial charge is 0.260 e. The number of benzene rings is 1. The van der Waals surface area contributed by atoms with E-state index in [-0.39, 0.29) is 18.6 Å². The summed E-state index contributed by atoms with van der Waals surface area (Å²) in [6, 6.07) is 9.60. The number of amides is 1. The van der Waals surface area contributed by atoms with Gasteiger partial charge in [-0.15, -0.1) is 0 Å². The lowest BCUT2D eigenvalue weighted by Crippen LogP contribution is -2.51. The van der Waals surface area contributed by atoms with Crippen molar-refractivity contribution in [3.63, 3.8) is 0 Å². The van der Waals surface area contributed by atoms with Gasteiger partial charge in [-0.05, 0) is 30.9 Å². The summed E-state index contributed by atoms with van der Waals surface area (Å²) in [6.07, 6.45) is 3.26. The molecule has 2 rings (SSSR count). The van der Waals surface area contributed by atoms with Crippen LogP contribution in [0.25, 0.3) is 0 Å². The van der Waals surface area contributed by atoms with Crippen LogP contribution < -0.4 is 10.5 Å². The minimum absolute atomic E-state index is 0.0406. The highest BCUT2D eigenvalue weighted by Gasteiger charge is 2.29. The van der Waals surface area contributed by atoms with E-state index >= 15 is 0 Å². The fraction of sp³-hybridized carbons (Fsp3) is 0.562. The first-order valence-corrected chi connectivity index (χ1v) is 7.42. The molecule has 0 saturated carbocycles. The normalized spacial score (nSPS) is 22.6. The van der Waals surface area contributed by atoms with Crippen LogP contribution >= 0.6 is 0 Å². The van der Waals surface area contributed by atoms with Crippen LogP contribution in [0.5, 0.6) is 5.75 Å². The number of nitrogens with two attached hydrogens (primary N) is 1. The van der Waals surface area contributed by atoms with Crippen molar-refractivity contribution in [2.24, 2.45) is 11.7 Å². The monoisotopic (exact) mass is 276 g/mol. The molecule has 2 unspecified atom stereocenters. The zero-order valence-corrected chi connectivity index (χ0v) is 12.1. The number of ether oxygens (including phenoxy) is 1. The van der Waals surface area contributed by atoms with Crippen molar-refractivity contribution in [3.8, 4) is 5.75 Å². The molecule has 0 spiro atoms. The zero-order valence-electron chi connectivity index (χ0n) is 12.1. The summed E-state index contributed by atoms with van der Waals surface area (Å²) in [5.74, 6) is 1.47. The average molecular weight is 276 g/mol. The van der Waals surface area contributed by atoms with Crippen molar-refractivity contribution in [2.45, 2.75) is 32.2 Å². The Balaban J connectivity index is 1.88. The van der Waals surface area contributed by atoms with Crippen LogP contribution in [-0.2, 0) is 4.79 Å². The van der Waals surface area contributed by atoms with Gasteiger partial charge < -0.3 is 15.4 Å². The Labute approximate surface area is 120 Å². The van der Waals surface area contributed by atoms with Crippen molar-refractivity contribution >= 4 is 5.91 Å². The molecule has 1 aromatic carbocycles. The van der Waals surface area contributed by atoms with Crippen molar-refractivity contribution in [1.82, 2.24) is 4.90 Å². The molecule has 1 heterocycles. The van der Waals surface area contributed by atoms with E-state index in [0.717, 1.165) is 25.1 Å². The largest absolute Gasteiger partial charge is 0.484 e. The van der Waals surface area contributed by atoms with E-state index in [1.807, 2.05) is 35.2 Å². The van der Waals surface area contributed by atoms with E-state index in [1.54, 1.807) is 0 Å². The van der Waals surface area contributed by atoms with Crippen LogP contribution in [-0.4, -0.2) is 36.5 Å². The van der Waals surface area contributed by atoms with Crippen molar-refractivity contribution < 1.29 is 9.53 Å². The molecule has 20 heavy (non-hydrogen) atoms. The van der Waals surface area contributed by atoms with Crippen LogP contribution in [0.15, 0.2) is 30.3 Å². The van der Waals surface area contributed by atoms with Gasteiger partial charge in [0.25, 0.3) is 5.91 Å². The Morgan fingerprint density at radius 2 is 2.15 bits per heavy atom. The fourth-order valence-electron chi connectivity index (χ4n) is 2.80. The van der Waals surface area contributed by atoms with E-state index < -0.39 is 0 Å². The van der Waals surface area contributed by atoms with Crippen LogP contribution in [0.4, 0.5) is 0 Å². The number of rotatable bonds is 5. The topological polar surface area (TPSA) is 55.6 Å². The van der Waals surface area contributed by atoms with Crippen LogP contribution in [0, 0.1) is 5.92 Å². The second kappa shape index (κ2) is 7.29. The molecule has 0 radical (unpaired) electrons. The fourth-order valence-corrected chi connectivity index (χ4v) is 2.80. The van der Waals surface area contributed by atoms with Gasteiger partial charge in [-0.1, -0.05) is 31.5 Å². The third kappa shape index (κ3) is 3.73. The number of para-hydroxylation sites is 1. The Morgan fingerprint density at radius 1 is 1.40 bits per heavy atom. The standard InChI is InChI=1S/C16H24N2O2/c1-2-13-8-9-18(14(10-13)11-17)16(19)12-20-15-6-4-3-5-7-15/h3-7,13-14H,2,8-12,17H2,1H3. The summed E-state index contributed by atoms with van der Waals surface area (Å²) < 4.78 is 5.53. The molecule has 1 aromatic rings. The van der Waals surface area contributed by atoms with Gasteiger partial charge in [-0.25, -0.2) is 0 Å². The van der Waals surface area contributed by atoms with Crippen LogP contribution in [0.3, 0.4) is 0 Å². The molecule has 0 bridgehead atoms. The highest BCUT2D eigenvalue weighted by molar-refractivity contribution is 5.78. The molecule has 2 atom stereocenters. The highest BCUT2D eigenvalue weighted by atomic mass is 16.5. The lowest BCUT2D eigenvalue weighted by molar-refractivity contribution is -0.137. The first-order chi connectivity index (χ1) is 9.74. The summed E-state index contributed by atoms with van der Waals surface area (Å²) in [6.45, 7) is 3.64. The predicted molar refractivity (Wildman–Crippen MR) is 79.5 cm³/mol. The van der Waals surface area contributed by atoms with Gasteiger partial charge in [0.15, 0.2) is 6.61 Å². The molecular weight excluding hydrogens is 252 g/mol. The Kier molecular flexibility index (Phi) is 5.41. The van der Waals surface area contributed by atoms with Crippen molar-refractivity contribution in [2.75, 3.05) is 19.7 Å². The quantitative estimate of drug-likeness (QED) is 0.895. The molecule has 1 aliphatic heterocycles. The van der Waals surface area contributed by atoms with Crippen molar-refractivity contribution in [1.29, 1.82) is 0 Å². The summed E-state index contributed by atoms with van der Waals surface area (Å²) >= 11 is 0. The van der Waals surface area contributed by atoms with Gasteiger partial charge in [0.2, 0.25) is 0 Å². The van der Waals surface area contributed by atoms with E-state index in [9.17, 15) is 4.79 Å². The first kappa shape index (κ1) is 14.9. The molecule has 0 aromatic heterocycles. The Bertz CT molecular complexity index is 422. The van der Waals surface area contributed by atoms with Gasteiger partial charge in [-0.3, -0.25) is 4.79 Å². The van der Waals surface area contributed by atoms with E-state index in [1.165, 1.54) is 6.42 Å². The minimum atomic E-state index is 0.0406. The van der Waals surface area contributed by atoms with E-state index in [0.29, 0.717) is 12.5 Å². The average Bonchev–Trinajstić information content (AvgIpc) is 2.52.